The van der Waals surface area contributed by atoms with Crippen molar-refractivity contribution in [3.05, 3.63) is 48.2 Å². The second-order valence-corrected chi connectivity index (χ2v) is 8.36. The molecule has 6 nitrogen and oxygen atoms in total. The van der Waals surface area contributed by atoms with Gasteiger partial charge in [0, 0.05) is 56.4 Å². The Labute approximate surface area is 184 Å². The lowest BCUT2D eigenvalue weighted by molar-refractivity contribution is 0.0746. The van der Waals surface area contributed by atoms with Crippen molar-refractivity contribution in [1.82, 2.24) is 14.8 Å². The van der Waals surface area contributed by atoms with E-state index < -0.39 is 0 Å². The maximum absolute atomic E-state index is 12.9. The van der Waals surface area contributed by atoms with E-state index in [0.29, 0.717) is 18.7 Å². The molecule has 1 fully saturated rings. The number of hydrogen-bond acceptors (Lipinski definition) is 6. The third-order valence-corrected chi connectivity index (χ3v) is 6.44. The molecule has 0 unspecified atom stereocenters. The number of hydrogen-bond donors (Lipinski definition) is 0. The Morgan fingerprint density at radius 1 is 1.13 bits per heavy atom. The summed E-state index contributed by atoms with van der Waals surface area (Å²) in [7, 11) is 1.68. The molecule has 0 saturated carbocycles. The standard InChI is InChI=1S/C23H32N4O2S/c1-4-25(5-2)15-16-30-22-10-9-19(18-24-22)23(28)27-13-11-26(12-14-27)20-7-6-8-21(17-20)29-3/h6-10,17-18H,4-5,11-16H2,1-3H3. The SMILES string of the molecule is CCN(CC)CCSc1ccc(C(=O)N2CCN(c3cccc(OC)c3)CC2)cn1. The molecule has 2 heterocycles. The van der Waals surface area contributed by atoms with Gasteiger partial charge >= 0.3 is 0 Å². The molecule has 1 aromatic carbocycles. The van der Waals surface area contributed by atoms with Gasteiger partial charge in [-0.15, -0.1) is 11.8 Å². The summed E-state index contributed by atoms with van der Waals surface area (Å²) in [6, 6.07) is 11.9. The van der Waals surface area contributed by atoms with Gasteiger partial charge in [0.25, 0.3) is 5.91 Å². The number of thioether (sulfide) groups is 1. The molecule has 30 heavy (non-hydrogen) atoms. The van der Waals surface area contributed by atoms with E-state index >= 15 is 0 Å². The zero-order chi connectivity index (χ0) is 21.3. The molecular weight excluding hydrogens is 396 g/mol. The Balaban J connectivity index is 1.50. The summed E-state index contributed by atoms with van der Waals surface area (Å²) >= 11 is 1.74. The number of piperazine rings is 1. The zero-order valence-electron chi connectivity index (χ0n) is 18.2. The predicted molar refractivity (Wildman–Crippen MR) is 124 cm³/mol. The molecule has 1 aliphatic heterocycles. The van der Waals surface area contributed by atoms with Gasteiger partial charge in [-0.2, -0.15) is 0 Å². The Kier molecular flexibility index (Phi) is 8.39. The van der Waals surface area contributed by atoms with Gasteiger partial charge < -0.3 is 19.4 Å². The van der Waals surface area contributed by atoms with E-state index in [1.165, 1.54) is 0 Å². The van der Waals surface area contributed by atoms with Crippen molar-refractivity contribution in [3.63, 3.8) is 0 Å². The van der Waals surface area contributed by atoms with Crippen LogP contribution in [-0.2, 0) is 0 Å². The van der Waals surface area contributed by atoms with Crippen molar-refractivity contribution in [2.24, 2.45) is 0 Å². The van der Waals surface area contributed by atoms with Crippen molar-refractivity contribution >= 4 is 23.4 Å². The van der Waals surface area contributed by atoms with Crippen LogP contribution >= 0.6 is 11.8 Å². The van der Waals surface area contributed by atoms with E-state index in [9.17, 15) is 4.79 Å². The highest BCUT2D eigenvalue weighted by atomic mass is 32.2. The van der Waals surface area contributed by atoms with Crippen molar-refractivity contribution in [3.8, 4) is 5.75 Å². The maximum atomic E-state index is 12.9. The number of ether oxygens (including phenoxy) is 1. The largest absolute Gasteiger partial charge is 0.497 e. The molecule has 0 aliphatic carbocycles. The summed E-state index contributed by atoms with van der Waals surface area (Å²) < 4.78 is 5.32. The van der Waals surface area contributed by atoms with Crippen LogP contribution in [0.4, 0.5) is 5.69 Å². The fraction of sp³-hybridized carbons (Fsp3) is 0.478. The van der Waals surface area contributed by atoms with Crippen molar-refractivity contribution < 1.29 is 9.53 Å². The van der Waals surface area contributed by atoms with E-state index in [1.807, 2.05) is 35.2 Å². The minimum absolute atomic E-state index is 0.0625. The van der Waals surface area contributed by atoms with Crippen molar-refractivity contribution in [2.45, 2.75) is 18.9 Å². The molecular formula is C23H32N4O2S. The van der Waals surface area contributed by atoms with Gasteiger partial charge in [-0.3, -0.25) is 4.79 Å². The predicted octanol–water partition coefficient (Wildman–Crippen LogP) is 3.49. The molecule has 0 radical (unpaired) electrons. The first kappa shape index (κ1) is 22.4. The lowest BCUT2D eigenvalue weighted by Crippen LogP contribution is -2.48. The number of carbonyl (C=O) groups is 1. The summed E-state index contributed by atoms with van der Waals surface area (Å²) in [5, 5.41) is 0.974. The van der Waals surface area contributed by atoms with Crippen LogP contribution in [-0.4, -0.2) is 79.4 Å². The Bertz CT molecular complexity index is 803. The van der Waals surface area contributed by atoms with Gasteiger partial charge in [-0.1, -0.05) is 19.9 Å². The van der Waals surface area contributed by atoms with Gasteiger partial charge in [0.2, 0.25) is 0 Å². The summed E-state index contributed by atoms with van der Waals surface area (Å²) in [6.45, 7) is 10.6. The number of pyridine rings is 1. The van der Waals surface area contributed by atoms with E-state index in [4.69, 9.17) is 4.74 Å². The van der Waals surface area contributed by atoms with Gasteiger partial charge in [0.1, 0.15) is 5.75 Å². The second-order valence-electron chi connectivity index (χ2n) is 7.24. The van der Waals surface area contributed by atoms with Crippen molar-refractivity contribution in [2.75, 3.05) is 63.6 Å². The number of methoxy groups -OCH3 is 1. The highest BCUT2D eigenvalue weighted by Crippen LogP contribution is 2.23. The van der Waals surface area contributed by atoms with Crippen LogP contribution in [0.15, 0.2) is 47.6 Å². The Hall–Kier alpha value is -2.25. The first-order chi connectivity index (χ1) is 14.6. The molecule has 0 spiro atoms. The van der Waals surface area contributed by atoms with Crippen LogP contribution in [0.25, 0.3) is 0 Å². The fourth-order valence-electron chi connectivity index (χ4n) is 3.57. The van der Waals surface area contributed by atoms with Gasteiger partial charge in [-0.05, 0) is 37.4 Å². The average Bonchev–Trinajstić information content (AvgIpc) is 2.82. The van der Waals surface area contributed by atoms with E-state index in [1.54, 1.807) is 25.1 Å². The number of amides is 1. The molecule has 3 rings (SSSR count). The molecule has 1 aromatic heterocycles. The topological polar surface area (TPSA) is 48.9 Å². The van der Waals surface area contributed by atoms with Crippen LogP contribution in [0.2, 0.25) is 0 Å². The van der Waals surface area contributed by atoms with Crippen molar-refractivity contribution in [1.29, 1.82) is 0 Å². The molecule has 1 saturated heterocycles. The zero-order valence-corrected chi connectivity index (χ0v) is 19.0. The first-order valence-electron chi connectivity index (χ1n) is 10.6. The Morgan fingerprint density at radius 3 is 2.53 bits per heavy atom. The number of anilines is 1. The molecule has 7 heteroatoms. The van der Waals surface area contributed by atoms with Crippen LogP contribution in [0.1, 0.15) is 24.2 Å². The fourth-order valence-corrected chi connectivity index (χ4v) is 4.42. The Morgan fingerprint density at radius 2 is 1.90 bits per heavy atom. The van der Waals surface area contributed by atoms with E-state index in [-0.39, 0.29) is 5.91 Å². The molecule has 2 aromatic rings. The third kappa shape index (κ3) is 5.89. The molecule has 1 amide bonds. The lowest BCUT2D eigenvalue weighted by atomic mass is 10.2. The van der Waals surface area contributed by atoms with Crippen LogP contribution in [0.3, 0.4) is 0 Å². The van der Waals surface area contributed by atoms with Crippen LogP contribution < -0.4 is 9.64 Å². The minimum atomic E-state index is 0.0625. The molecule has 0 atom stereocenters. The normalized spacial score (nSPS) is 14.3. The number of aromatic nitrogens is 1. The quantitative estimate of drug-likeness (QED) is 0.570. The number of benzene rings is 1. The second kappa shape index (κ2) is 11.2. The summed E-state index contributed by atoms with van der Waals surface area (Å²) in [5.74, 6) is 1.92. The van der Waals surface area contributed by atoms with Crippen LogP contribution in [0, 0.1) is 0 Å². The number of rotatable bonds is 9. The highest BCUT2D eigenvalue weighted by Gasteiger charge is 2.22. The van der Waals surface area contributed by atoms with Gasteiger partial charge in [-0.25, -0.2) is 4.98 Å². The summed E-state index contributed by atoms with van der Waals surface area (Å²) in [6.07, 6.45) is 1.72. The first-order valence-corrected chi connectivity index (χ1v) is 11.6. The molecule has 162 valence electrons. The lowest BCUT2D eigenvalue weighted by Gasteiger charge is -2.36. The highest BCUT2D eigenvalue weighted by molar-refractivity contribution is 7.99. The molecule has 0 N–H and O–H groups in total. The van der Waals surface area contributed by atoms with Gasteiger partial charge in [0.15, 0.2) is 0 Å². The minimum Gasteiger partial charge on any atom is -0.497 e. The maximum Gasteiger partial charge on any atom is 0.255 e. The number of carbonyl (C=O) groups excluding carboxylic acids is 1. The van der Waals surface area contributed by atoms with E-state index in [0.717, 1.165) is 54.9 Å². The smallest absolute Gasteiger partial charge is 0.255 e. The van der Waals surface area contributed by atoms with Gasteiger partial charge in [0.05, 0.1) is 17.7 Å². The van der Waals surface area contributed by atoms with E-state index in [2.05, 4.69) is 34.7 Å². The average molecular weight is 429 g/mol. The van der Waals surface area contributed by atoms with Crippen LogP contribution in [0.5, 0.6) is 5.75 Å². The summed E-state index contributed by atoms with van der Waals surface area (Å²) in [4.78, 5) is 24.0. The summed E-state index contributed by atoms with van der Waals surface area (Å²) in [5.41, 5.74) is 1.80. The monoisotopic (exact) mass is 428 g/mol. The molecule has 1 aliphatic rings. The number of nitrogens with zero attached hydrogens (tertiary/aromatic N) is 4. The third-order valence-electron chi connectivity index (χ3n) is 5.52. The molecule has 0 bridgehead atoms.